The molecule has 0 aliphatic heterocycles. The lowest BCUT2D eigenvalue weighted by atomic mass is 9.90. The highest BCUT2D eigenvalue weighted by Gasteiger charge is 2.51. The fourth-order valence-electron chi connectivity index (χ4n) is 2.55. The maximum Gasteiger partial charge on any atom is 0.133 e. The molecule has 0 radical (unpaired) electrons. The highest BCUT2D eigenvalue weighted by atomic mass is 79.9. The molecule has 1 saturated carbocycles. The number of nitrogens with zero attached hydrogens (tertiary/aromatic N) is 2. The van der Waals surface area contributed by atoms with E-state index in [0.29, 0.717) is 0 Å². The molecule has 0 N–H and O–H groups in total. The highest BCUT2D eigenvalue weighted by molar-refractivity contribution is 9.10. The first-order chi connectivity index (χ1) is 8.54. The van der Waals surface area contributed by atoms with Crippen LogP contribution in [-0.4, -0.2) is 26.1 Å². The van der Waals surface area contributed by atoms with Crippen molar-refractivity contribution < 1.29 is 4.74 Å². The topological polar surface area (TPSA) is 36.3 Å². The quantitative estimate of drug-likeness (QED) is 0.855. The van der Waals surface area contributed by atoms with Crippen molar-refractivity contribution >= 4 is 15.9 Å². The Labute approximate surface area is 116 Å². The average molecular weight is 309 g/mol. The zero-order chi connectivity index (χ0) is 13.3. The van der Waals surface area contributed by atoms with E-state index in [2.05, 4.69) is 33.0 Å². The number of rotatable bonds is 4. The number of methoxy groups -OCH3 is 1. The minimum absolute atomic E-state index is 0.143. The van der Waals surface area contributed by atoms with Gasteiger partial charge in [0.1, 0.15) is 5.75 Å². The van der Waals surface area contributed by atoms with Crippen LogP contribution in [0.1, 0.15) is 24.4 Å². The van der Waals surface area contributed by atoms with Crippen LogP contribution in [0.15, 0.2) is 22.7 Å². The number of ether oxygens (including phenoxy) is 1. The van der Waals surface area contributed by atoms with Crippen LogP contribution in [0.25, 0.3) is 0 Å². The van der Waals surface area contributed by atoms with Crippen molar-refractivity contribution in [2.45, 2.75) is 18.9 Å². The van der Waals surface area contributed by atoms with E-state index in [1.165, 1.54) is 0 Å². The van der Waals surface area contributed by atoms with Crippen molar-refractivity contribution in [1.82, 2.24) is 4.90 Å². The summed E-state index contributed by atoms with van der Waals surface area (Å²) in [6.07, 6.45) is 1.96. The van der Waals surface area contributed by atoms with Gasteiger partial charge in [0.15, 0.2) is 0 Å². The monoisotopic (exact) mass is 308 g/mol. The molecule has 1 unspecified atom stereocenters. The molecule has 96 valence electrons. The lowest BCUT2D eigenvalue weighted by Crippen LogP contribution is -2.27. The number of hydrogen-bond acceptors (Lipinski definition) is 3. The van der Waals surface area contributed by atoms with Crippen LogP contribution >= 0.6 is 15.9 Å². The van der Waals surface area contributed by atoms with E-state index in [1.807, 2.05) is 26.2 Å². The minimum atomic E-state index is -0.211. The average Bonchev–Trinajstić information content (AvgIpc) is 3.10. The van der Waals surface area contributed by atoms with E-state index in [9.17, 15) is 5.26 Å². The summed E-state index contributed by atoms with van der Waals surface area (Å²) in [5.74, 6) is 0.818. The first-order valence-corrected chi connectivity index (χ1v) is 6.74. The SMILES string of the molecule is COc1ccc(C(N(C)C)C2(C#N)CC2)cc1Br. The van der Waals surface area contributed by atoms with Gasteiger partial charge >= 0.3 is 0 Å². The van der Waals surface area contributed by atoms with Crippen molar-refractivity contribution in [3.05, 3.63) is 28.2 Å². The van der Waals surface area contributed by atoms with Crippen LogP contribution in [0, 0.1) is 16.7 Å². The summed E-state index contributed by atoms with van der Waals surface area (Å²) in [6, 6.07) is 8.69. The van der Waals surface area contributed by atoms with Crippen LogP contribution in [0.2, 0.25) is 0 Å². The summed E-state index contributed by atoms with van der Waals surface area (Å²) in [4.78, 5) is 2.13. The Hall–Kier alpha value is -1.05. The lowest BCUT2D eigenvalue weighted by molar-refractivity contribution is 0.232. The second-order valence-electron chi connectivity index (χ2n) is 5.03. The smallest absolute Gasteiger partial charge is 0.133 e. The van der Waals surface area contributed by atoms with E-state index < -0.39 is 0 Å². The summed E-state index contributed by atoms with van der Waals surface area (Å²) in [5.41, 5.74) is 0.948. The second kappa shape index (κ2) is 4.91. The largest absolute Gasteiger partial charge is 0.496 e. The van der Waals surface area contributed by atoms with E-state index in [-0.39, 0.29) is 11.5 Å². The van der Waals surface area contributed by atoms with Gasteiger partial charge in [-0.3, -0.25) is 0 Å². The van der Waals surface area contributed by atoms with Gasteiger partial charge in [0.2, 0.25) is 0 Å². The van der Waals surface area contributed by atoms with Gasteiger partial charge in [0.05, 0.1) is 29.1 Å². The number of nitriles is 1. The molecule has 1 aromatic carbocycles. The fourth-order valence-corrected chi connectivity index (χ4v) is 3.10. The molecule has 0 amide bonds. The number of halogens is 1. The van der Waals surface area contributed by atoms with Crippen LogP contribution < -0.4 is 4.74 Å². The summed E-state index contributed by atoms with van der Waals surface area (Å²) < 4.78 is 6.18. The molecule has 4 heteroatoms. The molecule has 18 heavy (non-hydrogen) atoms. The molecule has 1 aliphatic rings. The molecule has 2 rings (SSSR count). The third kappa shape index (κ3) is 2.25. The Morgan fingerprint density at radius 1 is 1.44 bits per heavy atom. The molecule has 0 heterocycles. The molecule has 1 aromatic rings. The maximum atomic E-state index is 9.39. The third-order valence-corrected chi connectivity index (χ3v) is 4.16. The first kappa shape index (κ1) is 13.4. The Balaban J connectivity index is 2.39. The second-order valence-corrected chi connectivity index (χ2v) is 5.88. The van der Waals surface area contributed by atoms with E-state index in [1.54, 1.807) is 7.11 Å². The summed E-state index contributed by atoms with van der Waals surface area (Å²) >= 11 is 3.51. The molecule has 1 fully saturated rings. The fraction of sp³-hybridized carbons (Fsp3) is 0.500. The molecule has 1 atom stereocenters. The van der Waals surface area contributed by atoms with Gasteiger partial charge in [-0.05, 0) is 60.6 Å². The van der Waals surface area contributed by atoms with Crippen LogP contribution in [0.5, 0.6) is 5.75 Å². The van der Waals surface area contributed by atoms with Gasteiger partial charge in [0, 0.05) is 0 Å². The minimum Gasteiger partial charge on any atom is -0.496 e. The van der Waals surface area contributed by atoms with Crippen LogP contribution in [-0.2, 0) is 0 Å². The number of hydrogen-bond donors (Lipinski definition) is 0. The Morgan fingerprint density at radius 2 is 2.11 bits per heavy atom. The van der Waals surface area contributed by atoms with Crippen LogP contribution in [0.4, 0.5) is 0 Å². The van der Waals surface area contributed by atoms with Gasteiger partial charge < -0.3 is 9.64 Å². The maximum absolute atomic E-state index is 9.39. The van der Waals surface area contributed by atoms with E-state index in [0.717, 1.165) is 28.6 Å². The zero-order valence-electron chi connectivity index (χ0n) is 10.9. The predicted octanol–water partition coefficient (Wildman–Crippen LogP) is 3.36. The highest BCUT2D eigenvalue weighted by Crippen LogP contribution is 2.56. The molecule has 3 nitrogen and oxygen atoms in total. The Kier molecular flexibility index (Phi) is 3.65. The van der Waals surface area contributed by atoms with Crippen molar-refractivity contribution in [2.75, 3.05) is 21.2 Å². The van der Waals surface area contributed by atoms with Gasteiger partial charge in [-0.25, -0.2) is 0 Å². The summed E-state index contributed by atoms with van der Waals surface area (Å²) in [7, 11) is 5.71. The van der Waals surface area contributed by atoms with E-state index >= 15 is 0 Å². The Bertz CT molecular complexity index is 489. The van der Waals surface area contributed by atoms with Gasteiger partial charge in [-0.1, -0.05) is 6.07 Å². The molecule has 0 aromatic heterocycles. The molecular formula is C14H17BrN2O. The van der Waals surface area contributed by atoms with Gasteiger partial charge in [-0.2, -0.15) is 5.26 Å². The normalized spacial score (nSPS) is 18.2. The van der Waals surface area contributed by atoms with Crippen molar-refractivity contribution in [3.63, 3.8) is 0 Å². The standard InChI is InChI=1S/C14H17BrN2O/c1-17(2)13(14(9-16)6-7-14)10-4-5-12(18-3)11(15)8-10/h4-5,8,13H,6-7H2,1-3H3. The van der Waals surface area contributed by atoms with Crippen molar-refractivity contribution in [2.24, 2.45) is 5.41 Å². The lowest BCUT2D eigenvalue weighted by Gasteiger charge is -2.29. The molecule has 0 saturated heterocycles. The zero-order valence-corrected chi connectivity index (χ0v) is 12.5. The predicted molar refractivity (Wildman–Crippen MR) is 74.4 cm³/mol. The summed E-state index contributed by atoms with van der Waals surface area (Å²) in [6.45, 7) is 0. The van der Waals surface area contributed by atoms with Gasteiger partial charge in [0.25, 0.3) is 0 Å². The van der Waals surface area contributed by atoms with Crippen molar-refractivity contribution in [3.8, 4) is 11.8 Å². The molecule has 0 spiro atoms. The van der Waals surface area contributed by atoms with Crippen LogP contribution in [0.3, 0.4) is 0 Å². The summed E-state index contributed by atoms with van der Waals surface area (Å²) in [5, 5.41) is 9.39. The Morgan fingerprint density at radius 3 is 2.50 bits per heavy atom. The first-order valence-electron chi connectivity index (χ1n) is 5.95. The van der Waals surface area contributed by atoms with E-state index in [4.69, 9.17) is 4.74 Å². The van der Waals surface area contributed by atoms with Gasteiger partial charge in [-0.15, -0.1) is 0 Å². The molecule has 0 bridgehead atoms. The number of benzene rings is 1. The van der Waals surface area contributed by atoms with Crippen molar-refractivity contribution in [1.29, 1.82) is 5.26 Å². The third-order valence-electron chi connectivity index (χ3n) is 3.54. The molecular weight excluding hydrogens is 292 g/mol. The molecule has 1 aliphatic carbocycles.